The van der Waals surface area contributed by atoms with Crippen molar-refractivity contribution in [1.82, 2.24) is 4.90 Å². The highest BCUT2D eigenvalue weighted by Gasteiger charge is 2.22. The van der Waals surface area contributed by atoms with Gasteiger partial charge < -0.3 is 4.90 Å². The van der Waals surface area contributed by atoms with E-state index >= 15 is 0 Å². The van der Waals surface area contributed by atoms with Crippen LogP contribution in [0.2, 0.25) is 0 Å². The minimum Gasteiger partial charge on any atom is -0.339 e. The number of carbonyl (C=O) groups excluding carboxylic acids is 1. The van der Waals surface area contributed by atoms with Crippen LogP contribution in [0.3, 0.4) is 0 Å². The molecular formula is C11H12BrF2NO. The summed E-state index contributed by atoms with van der Waals surface area (Å²) in [7, 11) is 1.51. The van der Waals surface area contributed by atoms with Gasteiger partial charge in [0, 0.05) is 17.6 Å². The van der Waals surface area contributed by atoms with E-state index in [4.69, 9.17) is 0 Å². The third-order valence-corrected chi connectivity index (χ3v) is 2.77. The van der Waals surface area contributed by atoms with Crippen molar-refractivity contribution in [3.63, 3.8) is 0 Å². The highest BCUT2D eigenvalue weighted by Crippen LogP contribution is 2.21. The Balaban J connectivity index is 3.19. The zero-order chi connectivity index (χ0) is 12.5. The van der Waals surface area contributed by atoms with Crippen LogP contribution in [0.1, 0.15) is 24.2 Å². The van der Waals surface area contributed by atoms with Gasteiger partial charge in [0.15, 0.2) is 0 Å². The van der Waals surface area contributed by atoms with Gasteiger partial charge in [-0.1, -0.05) is 15.9 Å². The van der Waals surface area contributed by atoms with Crippen LogP contribution < -0.4 is 0 Å². The molecule has 0 aliphatic heterocycles. The van der Waals surface area contributed by atoms with E-state index in [1.807, 2.05) is 0 Å². The van der Waals surface area contributed by atoms with Gasteiger partial charge in [-0.2, -0.15) is 0 Å². The van der Waals surface area contributed by atoms with E-state index in [2.05, 4.69) is 15.9 Å². The van der Waals surface area contributed by atoms with Crippen LogP contribution in [0.25, 0.3) is 0 Å². The number of halogens is 3. The minimum atomic E-state index is -0.857. The molecule has 1 amide bonds. The number of amides is 1. The summed E-state index contributed by atoms with van der Waals surface area (Å²) in [6.45, 7) is 3.54. The average molecular weight is 292 g/mol. The van der Waals surface area contributed by atoms with Crippen molar-refractivity contribution in [1.29, 1.82) is 0 Å². The first-order valence-electron chi connectivity index (χ1n) is 4.76. The Kier molecular flexibility index (Phi) is 4.02. The molecule has 0 radical (unpaired) electrons. The van der Waals surface area contributed by atoms with Gasteiger partial charge in [-0.05, 0) is 26.0 Å². The maximum atomic E-state index is 13.5. The molecule has 0 atom stereocenters. The van der Waals surface area contributed by atoms with Gasteiger partial charge in [-0.15, -0.1) is 0 Å². The Labute approximate surface area is 101 Å². The Bertz CT molecular complexity index is 397. The number of carbonyl (C=O) groups is 1. The maximum Gasteiger partial charge on any atom is 0.259 e. The molecule has 1 aromatic rings. The van der Waals surface area contributed by atoms with E-state index in [1.54, 1.807) is 13.8 Å². The van der Waals surface area contributed by atoms with Gasteiger partial charge >= 0.3 is 0 Å². The van der Waals surface area contributed by atoms with E-state index in [0.29, 0.717) is 0 Å². The van der Waals surface area contributed by atoms with Crippen LogP contribution in [0.4, 0.5) is 8.78 Å². The van der Waals surface area contributed by atoms with Crippen molar-refractivity contribution in [3.8, 4) is 0 Å². The second-order valence-corrected chi connectivity index (χ2v) is 4.67. The largest absolute Gasteiger partial charge is 0.339 e. The van der Waals surface area contributed by atoms with Gasteiger partial charge in [0.2, 0.25) is 0 Å². The van der Waals surface area contributed by atoms with Crippen molar-refractivity contribution in [3.05, 3.63) is 33.8 Å². The molecule has 0 saturated carbocycles. The summed E-state index contributed by atoms with van der Waals surface area (Å²) in [4.78, 5) is 13.1. The monoisotopic (exact) mass is 291 g/mol. The number of hydrogen-bond acceptors (Lipinski definition) is 1. The lowest BCUT2D eigenvalue weighted by Crippen LogP contribution is -2.34. The lowest BCUT2D eigenvalue weighted by atomic mass is 10.1. The Morgan fingerprint density at radius 1 is 1.31 bits per heavy atom. The van der Waals surface area contributed by atoms with Gasteiger partial charge in [0.25, 0.3) is 5.91 Å². The molecule has 0 bridgehead atoms. The standard InChI is InChI=1S/C11H12BrF2NO/c1-6(2)15(3)11(16)10-8(13)4-7(12)5-9(10)14/h4-6H,1-3H3. The second kappa shape index (κ2) is 4.91. The third-order valence-electron chi connectivity index (χ3n) is 2.32. The van der Waals surface area contributed by atoms with Crippen LogP contribution in [-0.4, -0.2) is 23.9 Å². The second-order valence-electron chi connectivity index (χ2n) is 3.75. The zero-order valence-electron chi connectivity index (χ0n) is 9.22. The molecule has 1 rings (SSSR count). The normalized spacial score (nSPS) is 10.7. The predicted molar refractivity (Wildman–Crippen MR) is 61.3 cm³/mol. The fourth-order valence-corrected chi connectivity index (χ4v) is 1.56. The molecule has 2 nitrogen and oxygen atoms in total. The van der Waals surface area contributed by atoms with Crippen molar-refractivity contribution in [2.24, 2.45) is 0 Å². The maximum absolute atomic E-state index is 13.5. The number of hydrogen-bond donors (Lipinski definition) is 0. The van der Waals surface area contributed by atoms with E-state index < -0.39 is 23.1 Å². The molecule has 16 heavy (non-hydrogen) atoms. The fraction of sp³-hybridized carbons (Fsp3) is 0.364. The summed E-state index contributed by atoms with van der Waals surface area (Å²) < 4.78 is 27.2. The molecule has 0 aliphatic carbocycles. The summed E-state index contributed by atoms with van der Waals surface area (Å²) in [5, 5.41) is 0. The molecule has 0 aromatic heterocycles. The topological polar surface area (TPSA) is 20.3 Å². The summed E-state index contributed by atoms with van der Waals surface area (Å²) in [6, 6.07) is 2.03. The molecule has 0 heterocycles. The van der Waals surface area contributed by atoms with Gasteiger partial charge in [0.05, 0.1) is 0 Å². The van der Waals surface area contributed by atoms with Crippen LogP contribution in [0.15, 0.2) is 16.6 Å². The summed E-state index contributed by atoms with van der Waals surface area (Å²) >= 11 is 2.96. The molecule has 0 N–H and O–H groups in total. The van der Waals surface area contributed by atoms with E-state index in [0.717, 1.165) is 12.1 Å². The van der Waals surface area contributed by atoms with E-state index in [9.17, 15) is 13.6 Å². The number of benzene rings is 1. The molecule has 0 aliphatic rings. The number of nitrogens with zero attached hydrogens (tertiary/aromatic N) is 1. The Morgan fingerprint density at radius 3 is 2.12 bits per heavy atom. The summed E-state index contributed by atoms with van der Waals surface area (Å²) in [6.07, 6.45) is 0. The molecule has 1 aromatic carbocycles. The van der Waals surface area contributed by atoms with E-state index in [1.165, 1.54) is 11.9 Å². The lowest BCUT2D eigenvalue weighted by Gasteiger charge is -2.21. The van der Waals surface area contributed by atoms with Crippen molar-refractivity contribution >= 4 is 21.8 Å². The molecule has 0 saturated heterocycles. The van der Waals surface area contributed by atoms with Crippen molar-refractivity contribution < 1.29 is 13.6 Å². The molecule has 5 heteroatoms. The SMILES string of the molecule is CC(C)N(C)C(=O)c1c(F)cc(Br)cc1F. The molecule has 88 valence electrons. The van der Waals surface area contributed by atoms with E-state index in [-0.39, 0.29) is 10.5 Å². The minimum absolute atomic E-state index is 0.116. The average Bonchev–Trinajstić information content (AvgIpc) is 2.14. The summed E-state index contributed by atoms with van der Waals surface area (Å²) in [5.74, 6) is -2.37. The summed E-state index contributed by atoms with van der Waals surface area (Å²) in [5.41, 5.74) is -0.514. The first-order valence-corrected chi connectivity index (χ1v) is 5.55. The van der Waals surface area contributed by atoms with Crippen molar-refractivity contribution in [2.45, 2.75) is 19.9 Å². The third kappa shape index (κ3) is 2.58. The predicted octanol–water partition coefficient (Wildman–Crippen LogP) is 3.21. The van der Waals surface area contributed by atoms with Crippen LogP contribution in [0, 0.1) is 11.6 Å². The number of rotatable bonds is 2. The van der Waals surface area contributed by atoms with Crippen LogP contribution in [-0.2, 0) is 0 Å². The van der Waals surface area contributed by atoms with Crippen LogP contribution in [0.5, 0.6) is 0 Å². The highest BCUT2D eigenvalue weighted by molar-refractivity contribution is 9.10. The zero-order valence-corrected chi connectivity index (χ0v) is 10.8. The highest BCUT2D eigenvalue weighted by atomic mass is 79.9. The van der Waals surface area contributed by atoms with Gasteiger partial charge in [0.1, 0.15) is 17.2 Å². The van der Waals surface area contributed by atoms with Gasteiger partial charge in [-0.25, -0.2) is 8.78 Å². The molecular weight excluding hydrogens is 280 g/mol. The van der Waals surface area contributed by atoms with Gasteiger partial charge in [-0.3, -0.25) is 4.79 Å². The Hall–Kier alpha value is -0.970. The first-order chi connectivity index (χ1) is 7.34. The molecule has 0 unspecified atom stereocenters. The fourth-order valence-electron chi connectivity index (χ4n) is 1.16. The molecule has 0 fully saturated rings. The van der Waals surface area contributed by atoms with Crippen LogP contribution >= 0.6 is 15.9 Å². The Morgan fingerprint density at radius 2 is 1.75 bits per heavy atom. The lowest BCUT2D eigenvalue weighted by molar-refractivity contribution is 0.0745. The van der Waals surface area contributed by atoms with Crippen molar-refractivity contribution in [2.75, 3.05) is 7.05 Å². The quantitative estimate of drug-likeness (QED) is 0.819. The molecule has 0 spiro atoms. The smallest absolute Gasteiger partial charge is 0.259 e. The first kappa shape index (κ1) is 13.1.